The Morgan fingerprint density at radius 3 is 2.64 bits per heavy atom. The van der Waals surface area contributed by atoms with E-state index in [1.54, 1.807) is 18.5 Å². The Morgan fingerprint density at radius 2 is 1.96 bits per heavy atom. The summed E-state index contributed by atoms with van der Waals surface area (Å²) in [6.45, 7) is 2.48. The van der Waals surface area contributed by atoms with Gasteiger partial charge in [-0.15, -0.1) is 10.2 Å². The molecule has 2 heterocycles. The molecule has 28 heavy (non-hydrogen) atoms. The number of alkyl halides is 3. The highest BCUT2D eigenvalue weighted by molar-refractivity contribution is 7.99. The number of carbonyl (C=O) groups excluding carboxylic acids is 1. The van der Waals surface area contributed by atoms with Crippen molar-refractivity contribution < 1.29 is 18.0 Å². The number of benzene rings is 1. The Kier molecular flexibility index (Phi) is 5.98. The minimum atomic E-state index is -4.54. The minimum absolute atomic E-state index is 0.0998. The molecule has 0 unspecified atom stereocenters. The van der Waals surface area contributed by atoms with Crippen molar-refractivity contribution in [3.05, 3.63) is 54.4 Å². The van der Waals surface area contributed by atoms with Gasteiger partial charge in [-0.1, -0.05) is 23.9 Å². The number of aromatic nitrogens is 4. The van der Waals surface area contributed by atoms with Crippen LogP contribution < -0.4 is 5.32 Å². The first-order valence-corrected chi connectivity index (χ1v) is 9.31. The smallest absolute Gasteiger partial charge is 0.325 e. The minimum Gasteiger partial charge on any atom is -0.325 e. The van der Waals surface area contributed by atoms with Gasteiger partial charge in [0.1, 0.15) is 0 Å². The lowest BCUT2D eigenvalue weighted by molar-refractivity contribution is -0.137. The van der Waals surface area contributed by atoms with Crippen LogP contribution >= 0.6 is 11.8 Å². The van der Waals surface area contributed by atoms with E-state index in [2.05, 4.69) is 20.5 Å². The van der Waals surface area contributed by atoms with Crippen molar-refractivity contribution >= 4 is 23.4 Å². The summed E-state index contributed by atoms with van der Waals surface area (Å²) in [5, 5.41) is 11.0. The van der Waals surface area contributed by atoms with Crippen molar-refractivity contribution in [2.24, 2.45) is 0 Å². The Labute approximate surface area is 163 Å². The maximum atomic E-state index is 13.0. The number of amides is 1. The zero-order valence-electron chi connectivity index (χ0n) is 14.8. The number of hydrogen-bond donors (Lipinski definition) is 1. The molecule has 0 saturated heterocycles. The van der Waals surface area contributed by atoms with E-state index in [9.17, 15) is 18.0 Å². The van der Waals surface area contributed by atoms with E-state index in [0.29, 0.717) is 17.5 Å². The molecule has 0 aliphatic carbocycles. The molecule has 6 nitrogen and oxygen atoms in total. The Hall–Kier alpha value is -2.88. The molecule has 1 N–H and O–H groups in total. The van der Waals surface area contributed by atoms with Crippen molar-refractivity contribution in [1.29, 1.82) is 0 Å². The number of halogens is 3. The fourth-order valence-corrected chi connectivity index (χ4v) is 3.35. The molecule has 3 rings (SSSR count). The van der Waals surface area contributed by atoms with Crippen molar-refractivity contribution in [3.8, 4) is 11.4 Å². The standard InChI is InChI=1S/C18H16F3N5OS/c1-2-26-16(12-6-5-9-22-10-12)24-25-17(26)28-11-15(27)23-14-8-4-3-7-13(14)18(19,20)21/h3-10H,2,11H2,1H3,(H,23,27). The van der Waals surface area contributed by atoms with Crippen LogP contribution in [0.1, 0.15) is 12.5 Å². The van der Waals surface area contributed by atoms with Crippen LogP contribution in [-0.2, 0) is 17.5 Å². The molecule has 0 aliphatic heterocycles. The highest BCUT2D eigenvalue weighted by Gasteiger charge is 2.33. The monoisotopic (exact) mass is 407 g/mol. The third kappa shape index (κ3) is 4.50. The highest BCUT2D eigenvalue weighted by atomic mass is 32.2. The van der Waals surface area contributed by atoms with E-state index in [0.717, 1.165) is 23.4 Å². The maximum Gasteiger partial charge on any atom is 0.418 e. The summed E-state index contributed by atoms with van der Waals surface area (Å²) in [7, 11) is 0. The second kappa shape index (κ2) is 8.42. The molecule has 0 fully saturated rings. The van der Waals surface area contributed by atoms with Gasteiger partial charge in [0.05, 0.1) is 17.0 Å². The number of pyridine rings is 1. The number of nitrogens with one attached hydrogen (secondary N) is 1. The topological polar surface area (TPSA) is 72.7 Å². The normalized spacial score (nSPS) is 11.4. The summed E-state index contributed by atoms with van der Waals surface area (Å²) in [6, 6.07) is 8.49. The second-order valence-electron chi connectivity index (χ2n) is 5.67. The van der Waals surface area contributed by atoms with Gasteiger partial charge in [-0.2, -0.15) is 13.2 Å². The number of hydrogen-bond acceptors (Lipinski definition) is 5. The van der Waals surface area contributed by atoms with Gasteiger partial charge in [-0.25, -0.2) is 0 Å². The first-order chi connectivity index (χ1) is 13.4. The number of rotatable bonds is 6. The van der Waals surface area contributed by atoms with Crippen molar-refractivity contribution in [3.63, 3.8) is 0 Å². The lowest BCUT2D eigenvalue weighted by Gasteiger charge is -2.13. The van der Waals surface area contributed by atoms with Gasteiger partial charge in [0, 0.05) is 24.5 Å². The van der Waals surface area contributed by atoms with Crippen LogP contribution in [0.15, 0.2) is 53.9 Å². The van der Waals surface area contributed by atoms with E-state index in [1.807, 2.05) is 17.6 Å². The number of anilines is 1. The summed E-state index contributed by atoms with van der Waals surface area (Å²) in [4.78, 5) is 16.2. The predicted molar refractivity (Wildman–Crippen MR) is 99.7 cm³/mol. The average molecular weight is 407 g/mol. The molecule has 146 valence electrons. The summed E-state index contributed by atoms with van der Waals surface area (Å²) in [5.41, 5.74) is -0.371. The van der Waals surface area contributed by atoms with E-state index in [4.69, 9.17) is 0 Å². The molecule has 1 amide bonds. The van der Waals surface area contributed by atoms with Gasteiger partial charge < -0.3 is 9.88 Å². The molecule has 0 aliphatic rings. The SMILES string of the molecule is CCn1c(SCC(=O)Nc2ccccc2C(F)(F)F)nnc1-c1cccnc1. The van der Waals surface area contributed by atoms with E-state index < -0.39 is 17.6 Å². The largest absolute Gasteiger partial charge is 0.418 e. The fourth-order valence-electron chi connectivity index (χ4n) is 2.54. The molecule has 0 bridgehead atoms. The highest BCUT2D eigenvalue weighted by Crippen LogP contribution is 2.34. The van der Waals surface area contributed by atoms with Crippen LogP contribution in [0, 0.1) is 0 Å². The van der Waals surface area contributed by atoms with Gasteiger partial charge in [0.2, 0.25) is 5.91 Å². The van der Waals surface area contributed by atoms with Crippen LogP contribution in [0.5, 0.6) is 0 Å². The first kappa shape index (κ1) is 19.9. The molecule has 0 radical (unpaired) electrons. The summed E-state index contributed by atoms with van der Waals surface area (Å²) in [6.07, 6.45) is -1.24. The fraction of sp³-hybridized carbons (Fsp3) is 0.222. The summed E-state index contributed by atoms with van der Waals surface area (Å²) >= 11 is 1.10. The average Bonchev–Trinajstić information content (AvgIpc) is 3.09. The first-order valence-electron chi connectivity index (χ1n) is 8.32. The van der Waals surface area contributed by atoms with E-state index >= 15 is 0 Å². The molecule has 1 aromatic carbocycles. The lowest BCUT2D eigenvalue weighted by atomic mass is 10.1. The Balaban J connectivity index is 1.70. The second-order valence-corrected chi connectivity index (χ2v) is 6.61. The zero-order valence-corrected chi connectivity index (χ0v) is 15.6. The predicted octanol–water partition coefficient (Wildman–Crippen LogP) is 4.11. The Morgan fingerprint density at radius 1 is 1.18 bits per heavy atom. The van der Waals surface area contributed by atoms with Gasteiger partial charge in [-0.05, 0) is 31.2 Å². The van der Waals surface area contributed by atoms with Crippen LogP contribution in [-0.4, -0.2) is 31.4 Å². The van der Waals surface area contributed by atoms with E-state index in [-0.39, 0.29) is 11.4 Å². The number of nitrogens with zero attached hydrogens (tertiary/aromatic N) is 4. The molecule has 0 spiro atoms. The number of thioether (sulfide) groups is 1. The molecular weight excluding hydrogens is 391 g/mol. The summed E-state index contributed by atoms with van der Waals surface area (Å²) < 4.78 is 40.9. The summed E-state index contributed by atoms with van der Waals surface area (Å²) in [5.74, 6) is -0.0478. The molecule has 3 aromatic rings. The van der Waals surface area contributed by atoms with Crippen molar-refractivity contribution in [1.82, 2.24) is 19.7 Å². The number of carbonyl (C=O) groups is 1. The van der Waals surface area contributed by atoms with Gasteiger partial charge in [-0.3, -0.25) is 9.78 Å². The lowest BCUT2D eigenvalue weighted by Crippen LogP contribution is -2.18. The van der Waals surface area contributed by atoms with Gasteiger partial charge in [0.15, 0.2) is 11.0 Å². The maximum absolute atomic E-state index is 13.0. The molecule has 2 aromatic heterocycles. The third-order valence-corrected chi connectivity index (χ3v) is 4.76. The van der Waals surface area contributed by atoms with Crippen molar-refractivity contribution in [2.45, 2.75) is 24.8 Å². The number of para-hydroxylation sites is 1. The van der Waals surface area contributed by atoms with Crippen LogP contribution in [0.2, 0.25) is 0 Å². The van der Waals surface area contributed by atoms with E-state index in [1.165, 1.54) is 18.2 Å². The molecule has 0 atom stereocenters. The van der Waals surface area contributed by atoms with Crippen LogP contribution in [0.25, 0.3) is 11.4 Å². The Bertz CT molecular complexity index is 959. The molecule has 10 heteroatoms. The third-order valence-electron chi connectivity index (χ3n) is 3.79. The quantitative estimate of drug-likeness (QED) is 0.623. The van der Waals surface area contributed by atoms with Crippen molar-refractivity contribution in [2.75, 3.05) is 11.1 Å². The molecular formula is C18H16F3N5OS. The van der Waals surface area contributed by atoms with Crippen LogP contribution in [0.4, 0.5) is 18.9 Å². The molecule has 0 saturated carbocycles. The van der Waals surface area contributed by atoms with Gasteiger partial charge in [0.25, 0.3) is 0 Å². The van der Waals surface area contributed by atoms with Crippen LogP contribution in [0.3, 0.4) is 0 Å². The van der Waals surface area contributed by atoms with Gasteiger partial charge >= 0.3 is 6.18 Å². The zero-order chi connectivity index (χ0) is 20.1.